The van der Waals surface area contributed by atoms with E-state index in [1.807, 2.05) is 25.1 Å². The van der Waals surface area contributed by atoms with E-state index in [9.17, 15) is 48.6 Å². The summed E-state index contributed by atoms with van der Waals surface area (Å²) in [6.07, 6.45) is 1.85. The summed E-state index contributed by atoms with van der Waals surface area (Å²) in [6, 6.07) is 21.8. The molecule has 1 aromatic heterocycles. The van der Waals surface area contributed by atoms with Crippen LogP contribution >= 0.6 is 0 Å². The minimum atomic E-state index is -1.69. The Hall–Kier alpha value is -8.06. The van der Waals surface area contributed by atoms with E-state index in [-0.39, 0.29) is 37.9 Å². The van der Waals surface area contributed by atoms with Gasteiger partial charge in [-0.3, -0.25) is 38.4 Å². The minimum Gasteiger partial charge on any atom is -0.508 e. The highest BCUT2D eigenvalue weighted by Crippen LogP contribution is 2.20. The van der Waals surface area contributed by atoms with Gasteiger partial charge in [0.05, 0.1) is 12.5 Å². The number of nitrogens with two attached hydrogens (primary N) is 2. The number of hydrogen-bond acceptors (Lipinski definition) is 10. The Labute approximate surface area is 404 Å². The van der Waals surface area contributed by atoms with Crippen molar-refractivity contribution in [2.24, 2.45) is 11.5 Å². The molecule has 0 saturated heterocycles. The largest absolute Gasteiger partial charge is 0.508 e. The third-order valence-electron chi connectivity index (χ3n) is 11.6. The number of aromatic hydroxyl groups is 1. The zero-order chi connectivity index (χ0) is 50.7. The maximum atomic E-state index is 14.6. The lowest BCUT2D eigenvalue weighted by molar-refractivity contribution is -0.141. The Kier molecular flexibility index (Phi) is 19.6. The number of rotatable bonds is 26. The van der Waals surface area contributed by atoms with Crippen molar-refractivity contribution in [3.05, 3.63) is 138 Å². The minimum absolute atomic E-state index is 0.00241. The summed E-state index contributed by atoms with van der Waals surface area (Å²) in [7, 11) is 0. The molecule has 0 fully saturated rings. The average Bonchev–Trinajstić information content (AvgIpc) is 3.75. The number of primary amides is 1. The zero-order valence-electron chi connectivity index (χ0n) is 39.0. The van der Waals surface area contributed by atoms with Crippen LogP contribution in [-0.4, -0.2) is 105 Å². The Bertz CT molecular complexity index is 2590. The number of nitrogens with one attached hydrogen (secondary N) is 7. The van der Waals surface area contributed by atoms with Crippen LogP contribution in [-0.2, 0) is 64.0 Å². The molecule has 5 aromatic rings. The van der Waals surface area contributed by atoms with Crippen molar-refractivity contribution in [2.75, 3.05) is 0 Å². The van der Waals surface area contributed by atoms with Gasteiger partial charge in [-0.25, -0.2) is 0 Å². The van der Waals surface area contributed by atoms with E-state index in [2.05, 4.69) is 36.9 Å². The van der Waals surface area contributed by atoms with Gasteiger partial charge >= 0.3 is 5.97 Å². The maximum absolute atomic E-state index is 14.6. The van der Waals surface area contributed by atoms with Crippen LogP contribution in [0.3, 0.4) is 0 Å². The smallest absolute Gasteiger partial charge is 0.305 e. The van der Waals surface area contributed by atoms with Gasteiger partial charge in [-0.15, -0.1) is 0 Å². The summed E-state index contributed by atoms with van der Waals surface area (Å²) >= 11 is 0. The van der Waals surface area contributed by atoms with Crippen molar-refractivity contribution >= 4 is 58.2 Å². The van der Waals surface area contributed by atoms with Crippen molar-refractivity contribution in [2.45, 2.75) is 108 Å². The first-order chi connectivity index (χ1) is 33.5. The first kappa shape index (κ1) is 52.9. The van der Waals surface area contributed by atoms with Gasteiger partial charge in [-0.1, -0.05) is 111 Å². The molecule has 0 unspecified atom stereocenters. The number of phenolic OH excluding ortho intramolecular Hbond substituents is 1. The number of aromatic amines is 1. The van der Waals surface area contributed by atoms with Crippen LogP contribution in [0.5, 0.6) is 5.75 Å². The molecule has 0 saturated carbocycles. The summed E-state index contributed by atoms with van der Waals surface area (Å²) < 4.78 is 0. The number of H-pyrrole nitrogens is 1. The Morgan fingerprint density at radius 3 is 1.64 bits per heavy atom. The van der Waals surface area contributed by atoms with Gasteiger partial charge in [0.25, 0.3) is 0 Å². The predicted molar refractivity (Wildman–Crippen MR) is 260 cm³/mol. The molecule has 0 bridgehead atoms. The van der Waals surface area contributed by atoms with Crippen LogP contribution in [0.15, 0.2) is 115 Å². The number of carboxylic acid groups (broad SMARTS) is 1. The molecule has 4 aromatic carbocycles. The van der Waals surface area contributed by atoms with Crippen molar-refractivity contribution < 1.29 is 48.6 Å². The SMILES string of the molecule is CCCC[C@H](NC(=O)[C@@H](Cc1c[nH]c2ccccc12)NC(=O)[C@H](Cc1ccccc1)NC(=O)[C@@H](C)NC(=O)[C@@H](N)Cc1ccc(O)cc1)C(=O)N[C@@H](CC(=O)O)C(=O)N[C@@H](Cc1ccccc1)C(N)=O. The number of aliphatic carboxylic acids is 1. The Morgan fingerprint density at radius 2 is 1.04 bits per heavy atom. The number of unbranched alkanes of at least 4 members (excludes halogenated alkanes) is 1. The molecular weight excluding hydrogens is 899 g/mol. The van der Waals surface area contributed by atoms with Crippen LogP contribution in [0.2, 0.25) is 0 Å². The molecule has 70 heavy (non-hydrogen) atoms. The molecular formula is C51H61N9O10. The summed E-state index contributed by atoms with van der Waals surface area (Å²) in [5.74, 6) is -7.09. The molecule has 7 atom stereocenters. The number of benzene rings is 4. The third kappa shape index (κ3) is 16.0. The molecule has 0 aliphatic heterocycles. The number of phenols is 1. The molecule has 0 spiro atoms. The van der Waals surface area contributed by atoms with Gasteiger partial charge in [0, 0.05) is 36.4 Å². The van der Waals surface area contributed by atoms with E-state index in [1.54, 1.807) is 85.1 Å². The Morgan fingerprint density at radius 1 is 0.557 bits per heavy atom. The van der Waals surface area contributed by atoms with E-state index >= 15 is 0 Å². The van der Waals surface area contributed by atoms with E-state index in [1.165, 1.54) is 19.1 Å². The second-order valence-electron chi connectivity index (χ2n) is 17.1. The highest BCUT2D eigenvalue weighted by Gasteiger charge is 2.34. The fourth-order valence-corrected chi connectivity index (χ4v) is 7.67. The summed E-state index contributed by atoms with van der Waals surface area (Å²) in [6.45, 7) is 3.28. The number of carbonyl (C=O) groups is 8. The number of fused-ring (bicyclic) bond motifs is 1. The number of hydrogen-bond donors (Lipinski definition) is 11. The molecule has 7 amide bonds. The van der Waals surface area contributed by atoms with Gasteiger partial charge in [0.1, 0.15) is 42.0 Å². The molecule has 1 heterocycles. The topological polar surface area (TPSA) is 317 Å². The van der Waals surface area contributed by atoms with E-state index in [0.717, 1.165) is 10.9 Å². The van der Waals surface area contributed by atoms with Crippen molar-refractivity contribution in [1.29, 1.82) is 0 Å². The molecule has 13 N–H and O–H groups in total. The van der Waals surface area contributed by atoms with Crippen LogP contribution in [0.25, 0.3) is 10.9 Å². The molecule has 0 aliphatic carbocycles. The fourth-order valence-electron chi connectivity index (χ4n) is 7.67. The number of aromatic nitrogens is 1. The van der Waals surface area contributed by atoms with Crippen LogP contribution in [0.1, 0.15) is 61.8 Å². The standard InChI is InChI=1S/C51H61N9O10/c1-3-4-18-39(48(67)60-43(28-44(62)63)51(70)57-40(45(53)64)25-31-13-7-5-8-14-31)56-50(69)42(27-34-29-54-38-19-12-11-17-36(34)38)59-49(68)41(26-32-15-9-6-10-16-32)58-46(65)30(2)55-47(66)37(52)24-33-20-22-35(61)23-21-33/h5-17,19-23,29-30,37,39-43,54,61H,3-4,18,24-28,52H2,1-2H3,(H2,53,64)(H,55,66)(H,56,69)(H,57,70)(H,58,65)(H,59,68)(H,60,67)(H,62,63)/t30-,37+,39+,40+,41+,42-,43+/m1/s1. The quantitative estimate of drug-likeness (QED) is 0.0378. The molecule has 0 radical (unpaired) electrons. The molecule has 5 rings (SSSR count). The normalized spacial score (nSPS) is 14.0. The molecule has 19 nitrogen and oxygen atoms in total. The van der Waals surface area contributed by atoms with Crippen LogP contribution in [0, 0.1) is 0 Å². The first-order valence-electron chi connectivity index (χ1n) is 23.0. The average molecular weight is 960 g/mol. The third-order valence-corrected chi connectivity index (χ3v) is 11.6. The summed E-state index contributed by atoms with van der Waals surface area (Å²) in [4.78, 5) is 111. The van der Waals surface area contributed by atoms with Gasteiger partial charge < -0.3 is 58.6 Å². The predicted octanol–water partition coefficient (Wildman–Crippen LogP) is 1.55. The lowest BCUT2D eigenvalue weighted by Gasteiger charge is -2.27. The van der Waals surface area contributed by atoms with E-state index < -0.39 is 96.0 Å². The summed E-state index contributed by atoms with van der Waals surface area (Å²) in [5, 5.41) is 35.8. The lowest BCUT2D eigenvalue weighted by atomic mass is 10.0. The van der Waals surface area contributed by atoms with Crippen LogP contribution in [0.4, 0.5) is 0 Å². The number of carboxylic acids is 1. The van der Waals surface area contributed by atoms with E-state index in [0.29, 0.717) is 35.1 Å². The number of amides is 7. The second-order valence-corrected chi connectivity index (χ2v) is 17.1. The second kappa shape index (κ2) is 25.9. The van der Waals surface area contributed by atoms with Crippen molar-refractivity contribution in [3.8, 4) is 5.75 Å². The number of para-hydroxylation sites is 1. The van der Waals surface area contributed by atoms with Gasteiger partial charge in [-0.05, 0) is 60.2 Å². The Balaban J connectivity index is 1.37. The monoisotopic (exact) mass is 959 g/mol. The van der Waals surface area contributed by atoms with Gasteiger partial charge in [-0.2, -0.15) is 0 Å². The maximum Gasteiger partial charge on any atom is 0.305 e. The summed E-state index contributed by atoms with van der Waals surface area (Å²) in [5.41, 5.74) is 15.1. The molecule has 19 heteroatoms. The highest BCUT2D eigenvalue weighted by molar-refractivity contribution is 5.98. The first-order valence-corrected chi connectivity index (χ1v) is 23.0. The fraction of sp³-hybridized carbons (Fsp3) is 0.333. The molecule has 0 aliphatic rings. The van der Waals surface area contributed by atoms with Crippen LogP contribution < -0.4 is 43.4 Å². The highest BCUT2D eigenvalue weighted by atomic mass is 16.4. The van der Waals surface area contributed by atoms with Crippen molar-refractivity contribution in [3.63, 3.8) is 0 Å². The van der Waals surface area contributed by atoms with Crippen molar-refractivity contribution in [1.82, 2.24) is 36.9 Å². The lowest BCUT2D eigenvalue weighted by Crippen LogP contribution is -2.60. The van der Waals surface area contributed by atoms with E-state index in [4.69, 9.17) is 11.5 Å². The zero-order valence-corrected chi connectivity index (χ0v) is 39.0. The number of carbonyl (C=O) groups excluding carboxylic acids is 7. The van der Waals surface area contributed by atoms with Gasteiger partial charge in [0.2, 0.25) is 41.4 Å². The van der Waals surface area contributed by atoms with Gasteiger partial charge in [0.15, 0.2) is 0 Å². The molecule has 370 valence electrons.